The number of carbonyl (C=O) groups excluding carboxylic acids is 2. The van der Waals surface area contributed by atoms with Crippen molar-refractivity contribution < 1.29 is 19.5 Å². The lowest BCUT2D eigenvalue weighted by Crippen LogP contribution is -2.31. The highest BCUT2D eigenvalue weighted by atomic mass is 16.4. The molecule has 0 saturated heterocycles. The second-order valence-electron chi connectivity index (χ2n) is 9.00. The Morgan fingerprint density at radius 2 is 1.51 bits per heavy atom. The smallest absolute Gasteiger partial charge is 0.303 e. The maximum absolute atomic E-state index is 13.4. The van der Waals surface area contributed by atoms with Crippen molar-refractivity contribution in [3.05, 3.63) is 90.1 Å². The first-order valence-corrected chi connectivity index (χ1v) is 12.1. The van der Waals surface area contributed by atoms with Crippen LogP contribution in [0.25, 0.3) is 28.1 Å². The highest BCUT2D eigenvalue weighted by Crippen LogP contribution is 2.42. The Kier molecular flexibility index (Phi) is 6.55. The maximum atomic E-state index is 13.4. The van der Waals surface area contributed by atoms with Crippen LogP contribution in [-0.4, -0.2) is 32.7 Å². The van der Waals surface area contributed by atoms with Crippen LogP contribution in [0.2, 0.25) is 0 Å². The number of hydrogen-bond donors (Lipinski definition) is 2. The van der Waals surface area contributed by atoms with E-state index >= 15 is 0 Å². The summed E-state index contributed by atoms with van der Waals surface area (Å²) < 4.78 is 1.77. The van der Waals surface area contributed by atoms with Gasteiger partial charge >= 0.3 is 5.97 Å². The minimum absolute atomic E-state index is 0.0504. The standard InChI is InChI=1S/C29H26N4O4/c30-29(37)19-13-15-21(16-14-19)33-18-24-23-9-3-4-10-25(23)32(26(34)11-5-6-12-27(35)36)17-20-7-1-2-8-22(20)28(24)31-33/h1-4,7-10,13-16,18H,5-6,11-12,17H2,(H2,30,37)(H,35,36). The minimum atomic E-state index is -0.855. The van der Waals surface area contributed by atoms with Crippen molar-refractivity contribution in [1.82, 2.24) is 9.78 Å². The normalized spacial score (nSPS) is 12.1. The van der Waals surface area contributed by atoms with Crippen LogP contribution in [0.3, 0.4) is 0 Å². The van der Waals surface area contributed by atoms with Gasteiger partial charge in [0.15, 0.2) is 0 Å². The molecule has 8 heteroatoms. The summed E-state index contributed by atoms with van der Waals surface area (Å²) in [4.78, 5) is 37.6. The molecule has 0 bridgehead atoms. The second kappa shape index (κ2) is 10.1. The van der Waals surface area contributed by atoms with Gasteiger partial charge in [-0.05, 0) is 48.7 Å². The molecular formula is C29H26N4O4. The maximum Gasteiger partial charge on any atom is 0.303 e. The molecule has 37 heavy (non-hydrogen) atoms. The number of unbranched alkanes of at least 4 members (excludes halogenated alkanes) is 1. The van der Waals surface area contributed by atoms with Crippen LogP contribution in [0.15, 0.2) is 79.0 Å². The average molecular weight is 495 g/mol. The monoisotopic (exact) mass is 494 g/mol. The van der Waals surface area contributed by atoms with Crippen molar-refractivity contribution in [2.45, 2.75) is 32.2 Å². The van der Waals surface area contributed by atoms with Crippen molar-refractivity contribution in [2.75, 3.05) is 4.90 Å². The highest BCUT2D eigenvalue weighted by Gasteiger charge is 2.27. The largest absolute Gasteiger partial charge is 0.481 e. The third-order valence-corrected chi connectivity index (χ3v) is 6.55. The number of carbonyl (C=O) groups is 3. The fourth-order valence-corrected chi connectivity index (χ4v) is 4.67. The number of nitrogens with two attached hydrogens (primary N) is 1. The zero-order valence-corrected chi connectivity index (χ0v) is 20.1. The van der Waals surface area contributed by atoms with Crippen molar-refractivity contribution in [3.8, 4) is 28.1 Å². The zero-order chi connectivity index (χ0) is 25.9. The van der Waals surface area contributed by atoms with E-state index in [9.17, 15) is 14.4 Å². The summed E-state index contributed by atoms with van der Waals surface area (Å²) in [6, 6.07) is 22.6. The van der Waals surface area contributed by atoms with Crippen LogP contribution in [0.4, 0.5) is 5.69 Å². The van der Waals surface area contributed by atoms with Gasteiger partial charge in [0.2, 0.25) is 11.8 Å². The number of primary amides is 1. The molecule has 0 unspecified atom stereocenters. The van der Waals surface area contributed by atoms with Crippen LogP contribution in [-0.2, 0) is 16.1 Å². The third kappa shape index (κ3) is 4.86. The number of fused-ring (bicyclic) bond motifs is 5. The van der Waals surface area contributed by atoms with Crippen molar-refractivity contribution in [3.63, 3.8) is 0 Å². The van der Waals surface area contributed by atoms with Crippen molar-refractivity contribution in [2.24, 2.45) is 5.73 Å². The van der Waals surface area contributed by atoms with Gasteiger partial charge in [-0.1, -0.05) is 42.5 Å². The Bertz CT molecular complexity index is 1490. The number of carboxylic acid groups (broad SMARTS) is 1. The molecule has 0 saturated carbocycles. The molecule has 1 aliphatic rings. The fourth-order valence-electron chi connectivity index (χ4n) is 4.67. The Morgan fingerprint density at radius 3 is 2.24 bits per heavy atom. The van der Waals surface area contributed by atoms with Crippen LogP contribution < -0.4 is 10.6 Å². The molecule has 0 atom stereocenters. The van der Waals surface area contributed by atoms with Gasteiger partial charge in [0.1, 0.15) is 5.69 Å². The summed E-state index contributed by atoms with van der Waals surface area (Å²) in [5.74, 6) is -1.40. The Labute approximate surface area is 214 Å². The number of amides is 2. The Balaban J connectivity index is 1.59. The Hall–Kier alpha value is -4.72. The van der Waals surface area contributed by atoms with E-state index in [4.69, 9.17) is 15.9 Å². The number of rotatable bonds is 7. The summed E-state index contributed by atoms with van der Waals surface area (Å²) in [5.41, 5.74) is 11.8. The molecule has 2 heterocycles. The molecule has 0 radical (unpaired) electrons. The number of benzene rings is 3. The molecule has 0 aliphatic carbocycles. The summed E-state index contributed by atoms with van der Waals surface area (Å²) in [7, 11) is 0. The number of anilines is 1. The van der Waals surface area contributed by atoms with Crippen molar-refractivity contribution >= 4 is 23.5 Å². The van der Waals surface area contributed by atoms with Gasteiger partial charge in [-0.25, -0.2) is 4.68 Å². The van der Waals surface area contributed by atoms with Crippen LogP contribution in [0.5, 0.6) is 0 Å². The van der Waals surface area contributed by atoms with E-state index in [0.717, 1.165) is 39.3 Å². The summed E-state index contributed by atoms with van der Waals surface area (Å²) >= 11 is 0. The topological polar surface area (TPSA) is 119 Å². The van der Waals surface area contributed by atoms with E-state index < -0.39 is 11.9 Å². The molecule has 5 rings (SSSR count). The molecule has 4 aromatic rings. The number of carboxylic acids is 1. The molecule has 0 spiro atoms. The number of aliphatic carboxylic acids is 1. The lowest BCUT2D eigenvalue weighted by molar-refractivity contribution is -0.137. The van der Waals surface area contributed by atoms with E-state index in [1.165, 1.54) is 0 Å². The molecule has 2 amide bonds. The van der Waals surface area contributed by atoms with Gasteiger partial charge in [0, 0.05) is 41.3 Å². The molecular weight excluding hydrogens is 468 g/mol. The van der Waals surface area contributed by atoms with E-state index in [0.29, 0.717) is 24.9 Å². The number of para-hydroxylation sites is 1. The predicted molar refractivity (Wildman–Crippen MR) is 140 cm³/mol. The lowest BCUT2D eigenvalue weighted by Gasteiger charge is -2.28. The molecule has 3 N–H and O–H groups in total. The molecule has 3 aromatic carbocycles. The molecule has 1 aliphatic heterocycles. The van der Waals surface area contributed by atoms with E-state index in [-0.39, 0.29) is 18.7 Å². The first kappa shape index (κ1) is 24.0. The van der Waals surface area contributed by atoms with E-state index in [1.54, 1.807) is 33.8 Å². The van der Waals surface area contributed by atoms with E-state index in [1.807, 2.05) is 54.7 Å². The summed E-state index contributed by atoms with van der Waals surface area (Å²) in [6.45, 7) is 0.380. The quantitative estimate of drug-likeness (QED) is 0.358. The van der Waals surface area contributed by atoms with Crippen LogP contribution >= 0.6 is 0 Å². The van der Waals surface area contributed by atoms with Crippen LogP contribution in [0, 0.1) is 0 Å². The lowest BCUT2D eigenvalue weighted by atomic mass is 9.93. The first-order valence-electron chi connectivity index (χ1n) is 12.1. The molecule has 8 nitrogen and oxygen atoms in total. The van der Waals surface area contributed by atoms with Crippen LogP contribution in [0.1, 0.15) is 41.6 Å². The number of hydrogen-bond acceptors (Lipinski definition) is 4. The number of nitrogens with zero attached hydrogens (tertiary/aromatic N) is 3. The summed E-state index contributed by atoms with van der Waals surface area (Å²) in [5, 5.41) is 13.9. The predicted octanol–water partition coefficient (Wildman–Crippen LogP) is 4.80. The van der Waals surface area contributed by atoms with Gasteiger partial charge in [-0.3, -0.25) is 14.4 Å². The van der Waals surface area contributed by atoms with Gasteiger partial charge in [-0.2, -0.15) is 5.10 Å². The zero-order valence-electron chi connectivity index (χ0n) is 20.1. The molecule has 1 aromatic heterocycles. The van der Waals surface area contributed by atoms with Gasteiger partial charge in [0.25, 0.3) is 0 Å². The SMILES string of the molecule is NC(=O)c1ccc(-n2cc3c(n2)-c2ccccc2CN(C(=O)CCCCC(=O)O)c2ccccc2-3)cc1. The molecule has 186 valence electrons. The fraction of sp³-hybridized carbons (Fsp3) is 0.172. The third-order valence-electron chi connectivity index (χ3n) is 6.55. The molecule has 0 fully saturated rings. The van der Waals surface area contributed by atoms with Gasteiger partial charge < -0.3 is 15.7 Å². The minimum Gasteiger partial charge on any atom is -0.481 e. The van der Waals surface area contributed by atoms with E-state index in [2.05, 4.69) is 0 Å². The first-order chi connectivity index (χ1) is 17.9. The van der Waals surface area contributed by atoms with Gasteiger partial charge in [0.05, 0.1) is 17.9 Å². The van der Waals surface area contributed by atoms with Crippen molar-refractivity contribution in [1.29, 1.82) is 0 Å². The highest BCUT2D eigenvalue weighted by molar-refractivity contribution is 6.01. The number of aromatic nitrogens is 2. The summed E-state index contributed by atoms with van der Waals surface area (Å²) in [6.07, 6.45) is 3.22. The average Bonchev–Trinajstić information content (AvgIpc) is 3.33. The Morgan fingerprint density at radius 1 is 0.838 bits per heavy atom. The second-order valence-corrected chi connectivity index (χ2v) is 9.00. The van der Waals surface area contributed by atoms with Gasteiger partial charge in [-0.15, -0.1) is 0 Å².